The molecule has 3 atom stereocenters. The lowest BCUT2D eigenvalue weighted by atomic mass is 9.74. The highest BCUT2D eigenvalue weighted by Crippen LogP contribution is 2.39. The van der Waals surface area contributed by atoms with E-state index < -0.39 is 0 Å². The average Bonchev–Trinajstić information content (AvgIpc) is 2.98. The van der Waals surface area contributed by atoms with Gasteiger partial charge < -0.3 is 15.2 Å². The zero-order valence-corrected chi connectivity index (χ0v) is 18.3. The predicted molar refractivity (Wildman–Crippen MR) is 120 cm³/mol. The Bertz CT molecular complexity index is 869. The second-order valence-corrected chi connectivity index (χ2v) is 8.85. The molecule has 2 heterocycles. The molecule has 0 radical (unpaired) electrons. The second-order valence-electron chi connectivity index (χ2n) is 8.85. The number of carbonyl (C=O) groups is 1. The summed E-state index contributed by atoms with van der Waals surface area (Å²) in [5, 5.41) is 14.1. The smallest absolute Gasteiger partial charge is 0.269 e. The molecule has 1 aliphatic carbocycles. The van der Waals surface area contributed by atoms with Gasteiger partial charge in [0.05, 0.1) is 19.3 Å². The van der Waals surface area contributed by atoms with Gasteiger partial charge in [-0.2, -0.15) is 0 Å². The van der Waals surface area contributed by atoms with Gasteiger partial charge in [-0.3, -0.25) is 9.69 Å². The maximum atomic E-state index is 12.8. The molecule has 1 saturated carbocycles. The minimum absolute atomic E-state index is 0.142. The van der Waals surface area contributed by atoms with E-state index in [-0.39, 0.29) is 23.5 Å². The zero-order valence-electron chi connectivity index (χ0n) is 18.3. The maximum Gasteiger partial charge on any atom is 0.269 e. The van der Waals surface area contributed by atoms with E-state index in [2.05, 4.69) is 39.5 Å². The minimum atomic E-state index is -0.363. The summed E-state index contributed by atoms with van der Waals surface area (Å²) < 4.78 is 5.51. The monoisotopic (exact) mass is 423 g/mol. The van der Waals surface area contributed by atoms with Crippen LogP contribution in [0.4, 0.5) is 0 Å². The highest BCUT2D eigenvalue weighted by molar-refractivity contribution is 5.92. The Balaban J connectivity index is 1.53. The molecule has 2 fully saturated rings. The number of benzene rings is 1. The van der Waals surface area contributed by atoms with Crippen LogP contribution >= 0.6 is 0 Å². The predicted octanol–water partition coefficient (Wildman–Crippen LogP) is 2.69. The van der Waals surface area contributed by atoms with Gasteiger partial charge in [0.15, 0.2) is 0 Å². The lowest BCUT2D eigenvalue weighted by Gasteiger charge is -2.37. The maximum absolute atomic E-state index is 12.8. The van der Waals surface area contributed by atoms with E-state index in [1.807, 2.05) is 25.1 Å². The standard InChI is InChI=1S/C25H33N3O3/c1-19-6-5-9-21(27-19)24(30)26-18-25(20-7-3-2-4-8-20)12-10-22(23(29)11-13-25)28-14-16-31-17-15-28/h2-9,22-23,29H,10-18H2,1H3,(H,26,30)/t22-,23-,25+/m0/s1. The van der Waals surface area contributed by atoms with Crippen LogP contribution in [-0.4, -0.2) is 65.9 Å². The number of nitrogens with one attached hydrogen (secondary N) is 1. The van der Waals surface area contributed by atoms with Crippen molar-refractivity contribution in [3.8, 4) is 0 Å². The van der Waals surface area contributed by atoms with Gasteiger partial charge in [-0.1, -0.05) is 36.4 Å². The molecule has 0 bridgehead atoms. The fourth-order valence-electron chi connectivity index (χ4n) is 5.06. The molecule has 4 rings (SSSR count). The number of aliphatic hydroxyl groups is 1. The van der Waals surface area contributed by atoms with Crippen molar-refractivity contribution < 1.29 is 14.6 Å². The number of aryl methyl sites for hydroxylation is 1. The number of pyridine rings is 1. The third-order valence-electron chi connectivity index (χ3n) is 6.89. The third-order valence-corrected chi connectivity index (χ3v) is 6.89. The van der Waals surface area contributed by atoms with Crippen LogP contribution in [0.25, 0.3) is 0 Å². The number of nitrogens with zero attached hydrogens (tertiary/aromatic N) is 2. The van der Waals surface area contributed by atoms with E-state index in [1.165, 1.54) is 5.56 Å². The third kappa shape index (κ3) is 5.14. The Kier molecular flexibility index (Phi) is 7.00. The highest BCUT2D eigenvalue weighted by atomic mass is 16.5. The summed E-state index contributed by atoms with van der Waals surface area (Å²) >= 11 is 0. The van der Waals surface area contributed by atoms with Crippen molar-refractivity contribution in [2.24, 2.45) is 0 Å². The van der Waals surface area contributed by atoms with Gasteiger partial charge in [0.1, 0.15) is 5.69 Å². The Morgan fingerprint density at radius 2 is 1.87 bits per heavy atom. The largest absolute Gasteiger partial charge is 0.391 e. The van der Waals surface area contributed by atoms with Gasteiger partial charge >= 0.3 is 0 Å². The summed E-state index contributed by atoms with van der Waals surface area (Å²) in [6.07, 6.45) is 3.00. The van der Waals surface area contributed by atoms with E-state index in [1.54, 1.807) is 6.07 Å². The molecule has 1 aromatic heterocycles. The van der Waals surface area contributed by atoms with Crippen LogP contribution in [0.3, 0.4) is 0 Å². The summed E-state index contributed by atoms with van der Waals surface area (Å²) in [4.78, 5) is 19.6. The number of carbonyl (C=O) groups excluding carboxylic acids is 1. The number of hydrogen-bond donors (Lipinski definition) is 2. The topological polar surface area (TPSA) is 74.7 Å². The van der Waals surface area contributed by atoms with Gasteiger partial charge in [0.2, 0.25) is 0 Å². The van der Waals surface area contributed by atoms with Crippen LogP contribution in [0.15, 0.2) is 48.5 Å². The number of rotatable bonds is 5. The van der Waals surface area contributed by atoms with Gasteiger partial charge in [0.25, 0.3) is 5.91 Å². The van der Waals surface area contributed by atoms with E-state index >= 15 is 0 Å². The first-order valence-electron chi connectivity index (χ1n) is 11.3. The Labute approximate surface area is 184 Å². The summed E-state index contributed by atoms with van der Waals surface area (Å²) in [7, 11) is 0. The fourth-order valence-corrected chi connectivity index (χ4v) is 5.06. The van der Waals surface area contributed by atoms with Crippen molar-refractivity contribution in [3.63, 3.8) is 0 Å². The highest BCUT2D eigenvalue weighted by Gasteiger charge is 2.40. The Morgan fingerprint density at radius 3 is 2.61 bits per heavy atom. The molecule has 6 nitrogen and oxygen atoms in total. The van der Waals surface area contributed by atoms with Crippen molar-refractivity contribution in [2.45, 2.75) is 50.2 Å². The second kappa shape index (κ2) is 9.90. The summed E-state index contributed by atoms with van der Waals surface area (Å²) in [6, 6.07) is 16.1. The van der Waals surface area contributed by atoms with E-state index in [0.717, 1.165) is 57.7 Å². The number of morpholine rings is 1. The number of aromatic nitrogens is 1. The molecule has 2 aliphatic rings. The molecule has 1 aliphatic heterocycles. The van der Waals surface area contributed by atoms with E-state index in [0.29, 0.717) is 12.2 Å². The molecule has 166 valence electrons. The number of amides is 1. The van der Waals surface area contributed by atoms with Crippen molar-refractivity contribution in [3.05, 3.63) is 65.5 Å². The molecular weight excluding hydrogens is 390 g/mol. The average molecular weight is 424 g/mol. The van der Waals surface area contributed by atoms with E-state index in [4.69, 9.17) is 4.74 Å². The molecule has 1 saturated heterocycles. The lowest BCUT2D eigenvalue weighted by molar-refractivity contribution is -0.0236. The van der Waals surface area contributed by atoms with Gasteiger partial charge in [-0.15, -0.1) is 0 Å². The van der Waals surface area contributed by atoms with Crippen LogP contribution in [-0.2, 0) is 10.2 Å². The zero-order chi connectivity index (χ0) is 21.7. The van der Waals surface area contributed by atoms with Crippen LogP contribution in [0.5, 0.6) is 0 Å². The number of ether oxygens (including phenoxy) is 1. The van der Waals surface area contributed by atoms with Crippen LogP contribution in [0.2, 0.25) is 0 Å². The fraction of sp³-hybridized carbons (Fsp3) is 0.520. The van der Waals surface area contributed by atoms with Gasteiger partial charge in [0, 0.05) is 36.8 Å². The molecule has 2 aromatic rings. The first kappa shape index (κ1) is 21.9. The van der Waals surface area contributed by atoms with Gasteiger partial charge in [-0.25, -0.2) is 4.98 Å². The van der Waals surface area contributed by atoms with E-state index in [9.17, 15) is 9.90 Å². The molecule has 1 aromatic carbocycles. The molecule has 0 spiro atoms. The molecule has 2 N–H and O–H groups in total. The molecule has 0 unspecified atom stereocenters. The summed E-state index contributed by atoms with van der Waals surface area (Å²) in [5.41, 5.74) is 2.30. The molecular formula is C25H33N3O3. The van der Waals surface area contributed by atoms with Crippen molar-refractivity contribution >= 4 is 5.91 Å². The first-order valence-corrected chi connectivity index (χ1v) is 11.3. The lowest BCUT2D eigenvalue weighted by Crippen LogP contribution is -2.48. The van der Waals surface area contributed by atoms with Crippen LogP contribution in [0, 0.1) is 6.92 Å². The molecule has 1 amide bonds. The summed E-state index contributed by atoms with van der Waals surface area (Å²) in [5.74, 6) is -0.145. The SMILES string of the molecule is Cc1cccc(C(=O)NC[C@]2(c3ccccc3)CC[C@H](O)[C@@H](N3CCOCC3)CC2)n1. The van der Waals surface area contributed by atoms with Crippen LogP contribution < -0.4 is 5.32 Å². The van der Waals surface area contributed by atoms with Crippen molar-refractivity contribution in [1.29, 1.82) is 0 Å². The van der Waals surface area contributed by atoms with Crippen LogP contribution in [0.1, 0.15) is 47.4 Å². The first-order chi connectivity index (χ1) is 15.1. The van der Waals surface area contributed by atoms with Gasteiger partial charge in [-0.05, 0) is 50.3 Å². The quantitative estimate of drug-likeness (QED) is 0.724. The van der Waals surface area contributed by atoms with Crippen molar-refractivity contribution in [2.75, 3.05) is 32.8 Å². The number of aliphatic hydroxyl groups excluding tert-OH is 1. The minimum Gasteiger partial charge on any atom is -0.391 e. The Hall–Kier alpha value is -2.28. The Morgan fingerprint density at radius 1 is 1.13 bits per heavy atom. The normalized spacial score (nSPS) is 27.4. The summed E-state index contributed by atoms with van der Waals surface area (Å²) in [6.45, 7) is 5.62. The molecule has 6 heteroatoms. The number of hydrogen-bond acceptors (Lipinski definition) is 5. The molecule has 31 heavy (non-hydrogen) atoms. The van der Waals surface area contributed by atoms with Crippen molar-refractivity contribution in [1.82, 2.24) is 15.2 Å².